The minimum atomic E-state index is 0.693. The molecule has 0 fully saturated rings. The minimum Gasteiger partial charge on any atom is -0.383 e. The fourth-order valence-corrected chi connectivity index (χ4v) is 3.52. The van der Waals surface area contributed by atoms with Gasteiger partial charge in [-0.3, -0.25) is 4.40 Å². The highest BCUT2D eigenvalue weighted by Gasteiger charge is 2.16. The molecule has 0 aliphatic heterocycles. The molecule has 108 valence electrons. The van der Waals surface area contributed by atoms with E-state index in [0.717, 1.165) is 27.5 Å². The van der Waals surface area contributed by atoms with Gasteiger partial charge in [-0.05, 0) is 12.5 Å². The number of imidazole rings is 1. The van der Waals surface area contributed by atoms with Crippen LogP contribution >= 0.6 is 11.3 Å². The number of nitrogen functional groups attached to an aromatic ring is 1. The summed E-state index contributed by atoms with van der Waals surface area (Å²) >= 11 is 1.61. The van der Waals surface area contributed by atoms with E-state index in [1.807, 2.05) is 22.6 Å². The molecule has 2 aromatic heterocycles. The quantitative estimate of drug-likeness (QED) is 0.587. The number of aryl methyl sites for hydroxylation is 1. The van der Waals surface area contributed by atoms with Crippen molar-refractivity contribution in [3.05, 3.63) is 65.5 Å². The van der Waals surface area contributed by atoms with Gasteiger partial charge in [0.15, 0.2) is 4.96 Å². The number of nitrogens with zero attached hydrogens (tertiary/aromatic N) is 2. The van der Waals surface area contributed by atoms with Crippen molar-refractivity contribution in [2.24, 2.45) is 0 Å². The normalized spacial score (nSPS) is 11.1. The predicted molar refractivity (Wildman–Crippen MR) is 93.1 cm³/mol. The van der Waals surface area contributed by atoms with Crippen molar-refractivity contribution in [1.29, 1.82) is 0 Å². The summed E-state index contributed by atoms with van der Waals surface area (Å²) in [5.74, 6) is 0.693. The lowest BCUT2D eigenvalue weighted by Gasteiger charge is -2.03. The Morgan fingerprint density at radius 3 is 2.41 bits per heavy atom. The second kappa shape index (κ2) is 5.00. The van der Waals surface area contributed by atoms with Crippen molar-refractivity contribution < 1.29 is 0 Å². The van der Waals surface area contributed by atoms with Crippen molar-refractivity contribution in [3.8, 4) is 22.5 Å². The maximum atomic E-state index is 6.40. The molecule has 2 aromatic carbocycles. The van der Waals surface area contributed by atoms with E-state index in [4.69, 9.17) is 10.7 Å². The van der Waals surface area contributed by atoms with Gasteiger partial charge in [-0.2, -0.15) is 0 Å². The molecule has 0 bridgehead atoms. The Labute approximate surface area is 132 Å². The molecule has 3 nitrogen and oxygen atoms in total. The molecule has 0 atom stereocenters. The van der Waals surface area contributed by atoms with Gasteiger partial charge in [0.2, 0.25) is 0 Å². The molecule has 0 aliphatic rings. The van der Waals surface area contributed by atoms with Crippen molar-refractivity contribution in [2.75, 3.05) is 5.73 Å². The number of hydrogen-bond donors (Lipinski definition) is 1. The second-order valence-corrected chi connectivity index (χ2v) is 6.15. The first-order valence-electron chi connectivity index (χ1n) is 7.12. The van der Waals surface area contributed by atoms with Crippen molar-refractivity contribution in [2.45, 2.75) is 6.92 Å². The summed E-state index contributed by atoms with van der Waals surface area (Å²) in [5.41, 5.74) is 11.8. The summed E-state index contributed by atoms with van der Waals surface area (Å²) in [6, 6.07) is 18.6. The van der Waals surface area contributed by atoms with Crippen molar-refractivity contribution in [1.82, 2.24) is 9.38 Å². The zero-order valence-corrected chi connectivity index (χ0v) is 13.0. The molecule has 0 saturated heterocycles. The van der Waals surface area contributed by atoms with Crippen LogP contribution in [-0.2, 0) is 0 Å². The van der Waals surface area contributed by atoms with Crippen LogP contribution in [0.3, 0.4) is 0 Å². The van der Waals surface area contributed by atoms with E-state index in [1.54, 1.807) is 11.3 Å². The largest absolute Gasteiger partial charge is 0.383 e. The van der Waals surface area contributed by atoms with Crippen LogP contribution in [0.25, 0.3) is 27.5 Å². The molecule has 0 radical (unpaired) electrons. The van der Waals surface area contributed by atoms with Gasteiger partial charge < -0.3 is 5.73 Å². The zero-order valence-electron chi connectivity index (χ0n) is 12.2. The molecule has 0 unspecified atom stereocenters. The van der Waals surface area contributed by atoms with Gasteiger partial charge >= 0.3 is 0 Å². The molecule has 0 amide bonds. The van der Waals surface area contributed by atoms with E-state index in [0.29, 0.717) is 5.82 Å². The number of thiazole rings is 1. The standard InChI is InChI=1S/C18H15N3S/c1-12-7-9-14(10-8-12)16-17(19)21-15(11-22-18(21)20-16)13-5-3-2-4-6-13/h2-11H,19H2,1H3. The van der Waals surface area contributed by atoms with Crippen molar-refractivity contribution >= 4 is 22.1 Å². The highest BCUT2D eigenvalue weighted by Crippen LogP contribution is 2.34. The van der Waals surface area contributed by atoms with Crippen LogP contribution in [0, 0.1) is 6.92 Å². The molecule has 4 aromatic rings. The fourth-order valence-electron chi connectivity index (χ4n) is 2.61. The average molecular weight is 305 g/mol. The van der Waals surface area contributed by atoms with Crippen LogP contribution < -0.4 is 5.73 Å². The van der Waals surface area contributed by atoms with E-state index >= 15 is 0 Å². The highest BCUT2D eigenvalue weighted by molar-refractivity contribution is 7.15. The minimum absolute atomic E-state index is 0.693. The van der Waals surface area contributed by atoms with Gasteiger partial charge in [0.1, 0.15) is 11.5 Å². The van der Waals surface area contributed by atoms with Crippen LogP contribution in [0.4, 0.5) is 5.82 Å². The molecule has 4 heteroatoms. The number of fused-ring (bicyclic) bond motifs is 1. The third-order valence-corrected chi connectivity index (χ3v) is 4.62. The lowest BCUT2D eigenvalue weighted by molar-refractivity contribution is 1.24. The molecule has 0 spiro atoms. The fraction of sp³-hybridized carbons (Fsp3) is 0.0556. The smallest absolute Gasteiger partial charge is 0.196 e. The average Bonchev–Trinajstić information content (AvgIpc) is 3.10. The summed E-state index contributed by atoms with van der Waals surface area (Å²) < 4.78 is 2.04. The van der Waals surface area contributed by atoms with E-state index in [1.165, 1.54) is 5.56 Å². The Balaban J connectivity index is 1.92. The molecular weight excluding hydrogens is 290 g/mol. The van der Waals surface area contributed by atoms with Crippen LogP contribution in [0.15, 0.2) is 60.0 Å². The second-order valence-electron chi connectivity index (χ2n) is 5.32. The Morgan fingerprint density at radius 2 is 1.68 bits per heavy atom. The van der Waals surface area contributed by atoms with Gasteiger partial charge in [-0.1, -0.05) is 60.2 Å². The number of rotatable bonds is 2. The highest BCUT2D eigenvalue weighted by atomic mass is 32.1. The maximum Gasteiger partial charge on any atom is 0.196 e. The van der Waals surface area contributed by atoms with Gasteiger partial charge in [-0.15, -0.1) is 11.3 Å². The Hall–Kier alpha value is -2.59. The summed E-state index contributed by atoms with van der Waals surface area (Å²) in [7, 11) is 0. The van der Waals surface area contributed by atoms with Crippen LogP contribution in [0.5, 0.6) is 0 Å². The number of nitrogens with two attached hydrogens (primary N) is 1. The third kappa shape index (κ3) is 2.00. The number of anilines is 1. The van der Waals surface area contributed by atoms with Gasteiger partial charge in [-0.25, -0.2) is 4.98 Å². The summed E-state index contributed by atoms with van der Waals surface area (Å²) in [4.78, 5) is 5.64. The van der Waals surface area contributed by atoms with E-state index in [-0.39, 0.29) is 0 Å². The number of aromatic nitrogens is 2. The van der Waals surface area contributed by atoms with E-state index in [9.17, 15) is 0 Å². The van der Waals surface area contributed by atoms with Crippen molar-refractivity contribution in [3.63, 3.8) is 0 Å². The summed E-state index contributed by atoms with van der Waals surface area (Å²) in [5, 5.41) is 2.10. The molecule has 2 heterocycles. The van der Waals surface area contributed by atoms with Gasteiger partial charge in [0.05, 0.1) is 5.69 Å². The topological polar surface area (TPSA) is 43.3 Å². The first-order valence-corrected chi connectivity index (χ1v) is 8.00. The lowest BCUT2D eigenvalue weighted by atomic mass is 10.1. The molecule has 0 aliphatic carbocycles. The molecule has 22 heavy (non-hydrogen) atoms. The van der Waals surface area contributed by atoms with Crippen LogP contribution in [-0.4, -0.2) is 9.38 Å². The van der Waals surface area contributed by atoms with E-state index in [2.05, 4.69) is 48.7 Å². The third-order valence-electron chi connectivity index (χ3n) is 3.79. The molecular formula is C18H15N3S. The number of hydrogen-bond acceptors (Lipinski definition) is 3. The zero-order chi connectivity index (χ0) is 15.1. The summed E-state index contributed by atoms with van der Waals surface area (Å²) in [6.45, 7) is 2.08. The Kier molecular flexibility index (Phi) is 2.98. The number of benzene rings is 2. The predicted octanol–water partition coefficient (Wildman–Crippen LogP) is 4.62. The summed E-state index contributed by atoms with van der Waals surface area (Å²) in [6.07, 6.45) is 0. The van der Waals surface area contributed by atoms with Gasteiger partial charge in [0.25, 0.3) is 0 Å². The monoisotopic (exact) mass is 305 g/mol. The van der Waals surface area contributed by atoms with Crippen LogP contribution in [0.1, 0.15) is 5.56 Å². The first-order chi connectivity index (χ1) is 10.7. The Bertz CT molecular complexity index is 934. The SMILES string of the molecule is Cc1ccc(-c2nc3scc(-c4ccccc4)n3c2N)cc1. The molecule has 2 N–H and O–H groups in total. The van der Waals surface area contributed by atoms with E-state index < -0.39 is 0 Å². The molecule has 0 saturated carbocycles. The maximum absolute atomic E-state index is 6.40. The molecule has 4 rings (SSSR count). The first kappa shape index (κ1) is 13.1. The van der Waals surface area contributed by atoms with Gasteiger partial charge in [0, 0.05) is 10.9 Å². The Morgan fingerprint density at radius 1 is 0.955 bits per heavy atom. The van der Waals surface area contributed by atoms with Crippen LogP contribution in [0.2, 0.25) is 0 Å². The lowest BCUT2D eigenvalue weighted by Crippen LogP contribution is -1.95.